The van der Waals surface area contributed by atoms with Crippen molar-refractivity contribution in [3.63, 3.8) is 0 Å². The number of ether oxygens (including phenoxy) is 3. The van der Waals surface area contributed by atoms with Crippen LogP contribution in [0.1, 0.15) is 51.3 Å². The van der Waals surface area contributed by atoms with Crippen molar-refractivity contribution in [1.29, 1.82) is 0 Å². The maximum atomic E-state index is 12.0. The average Bonchev–Trinajstić information content (AvgIpc) is 2.56. The Morgan fingerprint density at radius 3 is 1.78 bits per heavy atom. The van der Waals surface area contributed by atoms with Crippen molar-refractivity contribution in [2.45, 2.75) is 54.1 Å². The largest absolute Gasteiger partial charge is 0.461 e. The standard InChI is InChI=1S/C21H30O6/c1-13(2)19(23)25-11-21(27-17(7)22,12-26-20(24)14(3)4)18-9-8-15(5)10-16(18)6/h8-10,13-14H,11-12H2,1-7H3. The van der Waals surface area contributed by atoms with E-state index < -0.39 is 23.5 Å². The van der Waals surface area contributed by atoms with Gasteiger partial charge in [-0.2, -0.15) is 0 Å². The van der Waals surface area contributed by atoms with E-state index in [2.05, 4.69) is 0 Å². The van der Waals surface area contributed by atoms with E-state index in [0.717, 1.165) is 11.1 Å². The van der Waals surface area contributed by atoms with Crippen LogP contribution in [0.25, 0.3) is 0 Å². The van der Waals surface area contributed by atoms with Crippen molar-refractivity contribution < 1.29 is 28.6 Å². The van der Waals surface area contributed by atoms with E-state index in [4.69, 9.17) is 14.2 Å². The first-order valence-electron chi connectivity index (χ1n) is 9.09. The zero-order valence-electron chi connectivity index (χ0n) is 17.3. The molecule has 1 aromatic carbocycles. The summed E-state index contributed by atoms with van der Waals surface area (Å²) in [6.07, 6.45) is 0. The van der Waals surface area contributed by atoms with Gasteiger partial charge in [-0.25, -0.2) is 0 Å². The second-order valence-electron chi connectivity index (χ2n) is 7.43. The fraction of sp³-hybridized carbons (Fsp3) is 0.571. The number of carbonyl (C=O) groups is 3. The summed E-state index contributed by atoms with van der Waals surface area (Å²) in [5, 5.41) is 0. The van der Waals surface area contributed by atoms with Gasteiger partial charge in [0.25, 0.3) is 0 Å². The second-order valence-corrected chi connectivity index (χ2v) is 7.43. The van der Waals surface area contributed by atoms with Gasteiger partial charge >= 0.3 is 17.9 Å². The molecule has 0 aliphatic rings. The number of carbonyl (C=O) groups excluding carboxylic acids is 3. The molecule has 0 aliphatic carbocycles. The second kappa shape index (κ2) is 9.53. The Kier molecular flexibility index (Phi) is 8.00. The zero-order chi connectivity index (χ0) is 20.8. The summed E-state index contributed by atoms with van der Waals surface area (Å²) in [6, 6.07) is 5.61. The van der Waals surface area contributed by atoms with E-state index in [1.807, 2.05) is 26.0 Å². The Hall–Kier alpha value is -2.37. The molecular weight excluding hydrogens is 348 g/mol. The van der Waals surface area contributed by atoms with Gasteiger partial charge in [-0.15, -0.1) is 0 Å². The third-order valence-corrected chi connectivity index (χ3v) is 4.05. The van der Waals surface area contributed by atoms with Gasteiger partial charge in [0.15, 0.2) is 0 Å². The molecular formula is C21H30O6. The molecule has 6 heteroatoms. The Balaban J connectivity index is 3.35. The Morgan fingerprint density at radius 1 is 0.926 bits per heavy atom. The van der Waals surface area contributed by atoms with Crippen LogP contribution in [0, 0.1) is 25.7 Å². The summed E-state index contributed by atoms with van der Waals surface area (Å²) in [7, 11) is 0. The molecule has 1 aromatic rings. The van der Waals surface area contributed by atoms with Gasteiger partial charge in [0.2, 0.25) is 5.60 Å². The predicted molar refractivity (Wildman–Crippen MR) is 101 cm³/mol. The Labute approximate surface area is 161 Å². The number of benzene rings is 1. The van der Waals surface area contributed by atoms with Gasteiger partial charge in [-0.1, -0.05) is 51.5 Å². The quantitative estimate of drug-likeness (QED) is 0.509. The van der Waals surface area contributed by atoms with Crippen molar-refractivity contribution in [1.82, 2.24) is 0 Å². The highest BCUT2D eigenvalue weighted by Gasteiger charge is 2.41. The van der Waals surface area contributed by atoms with Gasteiger partial charge in [-0.3, -0.25) is 14.4 Å². The summed E-state index contributed by atoms with van der Waals surface area (Å²) < 4.78 is 16.4. The van der Waals surface area contributed by atoms with Crippen LogP contribution in [0.4, 0.5) is 0 Å². The molecule has 0 radical (unpaired) electrons. The van der Waals surface area contributed by atoms with Crippen molar-refractivity contribution in [2.75, 3.05) is 13.2 Å². The molecule has 150 valence electrons. The maximum Gasteiger partial charge on any atom is 0.308 e. The molecule has 0 amide bonds. The molecule has 0 bridgehead atoms. The lowest BCUT2D eigenvalue weighted by Gasteiger charge is -2.34. The van der Waals surface area contributed by atoms with Gasteiger partial charge in [0.1, 0.15) is 13.2 Å². The summed E-state index contributed by atoms with van der Waals surface area (Å²) in [6.45, 7) is 11.5. The summed E-state index contributed by atoms with van der Waals surface area (Å²) in [4.78, 5) is 35.9. The fourth-order valence-electron chi connectivity index (χ4n) is 2.62. The molecule has 0 fully saturated rings. The van der Waals surface area contributed by atoms with Crippen LogP contribution < -0.4 is 0 Å². The van der Waals surface area contributed by atoms with E-state index in [1.165, 1.54) is 6.92 Å². The molecule has 0 atom stereocenters. The molecule has 0 aliphatic heterocycles. The molecule has 0 unspecified atom stereocenters. The monoisotopic (exact) mass is 378 g/mol. The van der Waals surface area contributed by atoms with E-state index in [9.17, 15) is 14.4 Å². The molecule has 0 spiro atoms. The Bertz CT molecular complexity index is 666. The highest BCUT2D eigenvalue weighted by Crippen LogP contribution is 2.31. The molecule has 0 aromatic heterocycles. The lowest BCUT2D eigenvalue weighted by Crippen LogP contribution is -2.44. The van der Waals surface area contributed by atoms with Crippen molar-refractivity contribution in [3.05, 3.63) is 34.9 Å². The van der Waals surface area contributed by atoms with Crippen LogP contribution in [-0.2, 0) is 34.2 Å². The third kappa shape index (κ3) is 6.38. The van der Waals surface area contributed by atoms with Crippen LogP contribution in [0.2, 0.25) is 0 Å². The summed E-state index contributed by atoms with van der Waals surface area (Å²) in [5.41, 5.74) is 1.11. The first kappa shape index (κ1) is 22.7. The number of hydrogen-bond acceptors (Lipinski definition) is 6. The predicted octanol–water partition coefficient (Wildman–Crippen LogP) is 3.46. The first-order chi connectivity index (χ1) is 12.5. The Morgan fingerprint density at radius 2 is 1.41 bits per heavy atom. The lowest BCUT2D eigenvalue weighted by atomic mass is 9.90. The maximum absolute atomic E-state index is 12.0. The summed E-state index contributed by atoms with van der Waals surface area (Å²) in [5.74, 6) is -2.08. The molecule has 0 heterocycles. The molecule has 0 saturated heterocycles. The molecule has 6 nitrogen and oxygen atoms in total. The highest BCUT2D eigenvalue weighted by molar-refractivity contribution is 5.72. The number of rotatable bonds is 8. The number of aryl methyl sites for hydroxylation is 2. The fourth-order valence-corrected chi connectivity index (χ4v) is 2.62. The summed E-state index contributed by atoms with van der Waals surface area (Å²) >= 11 is 0. The van der Waals surface area contributed by atoms with E-state index in [-0.39, 0.29) is 25.0 Å². The molecule has 27 heavy (non-hydrogen) atoms. The minimum absolute atomic E-state index is 0.237. The normalized spacial score (nSPS) is 11.4. The van der Waals surface area contributed by atoms with Crippen molar-refractivity contribution in [3.8, 4) is 0 Å². The third-order valence-electron chi connectivity index (χ3n) is 4.05. The van der Waals surface area contributed by atoms with Gasteiger partial charge in [-0.05, 0) is 19.4 Å². The number of esters is 3. The molecule has 0 saturated carbocycles. The van der Waals surface area contributed by atoms with Crippen LogP contribution >= 0.6 is 0 Å². The molecule has 1 rings (SSSR count). The molecule has 0 N–H and O–H groups in total. The average molecular weight is 378 g/mol. The van der Waals surface area contributed by atoms with Crippen LogP contribution in [-0.4, -0.2) is 31.1 Å². The SMILES string of the molecule is CC(=O)OC(COC(=O)C(C)C)(COC(=O)C(C)C)c1ccc(C)cc1C. The van der Waals surface area contributed by atoms with Crippen molar-refractivity contribution in [2.24, 2.45) is 11.8 Å². The van der Waals surface area contributed by atoms with E-state index in [0.29, 0.717) is 5.56 Å². The first-order valence-corrected chi connectivity index (χ1v) is 9.09. The van der Waals surface area contributed by atoms with Gasteiger partial charge in [0, 0.05) is 12.5 Å². The number of hydrogen-bond donors (Lipinski definition) is 0. The van der Waals surface area contributed by atoms with E-state index in [1.54, 1.807) is 33.8 Å². The topological polar surface area (TPSA) is 78.9 Å². The lowest BCUT2D eigenvalue weighted by molar-refractivity contribution is -0.187. The minimum atomic E-state index is -1.40. The van der Waals surface area contributed by atoms with Crippen LogP contribution in [0.3, 0.4) is 0 Å². The van der Waals surface area contributed by atoms with Crippen LogP contribution in [0.5, 0.6) is 0 Å². The zero-order valence-corrected chi connectivity index (χ0v) is 17.3. The minimum Gasteiger partial charge on any atom is -0.461 e. The van der Waals surface area contributed by atoms with E-state index >= 15 is 0 Å². The highest BCUT2D eigenvalue weighted by atomic mass is 16.6. The van der Waals surface area contributed by atoms with Crippen molar-refractivity contribution >= 4 is 17.9 Å². The van der Waals surface area contributed by atoms with Gasteiger partial charge < -0.3 is 14.2 Å². The smallest absolute Gasteiger partial charge is 0.308 e. The van der Waals surface area contributed by atoms with Crippen LogP contribution in [0.15, 0.2) is 18.2 Å². The van der Waals surface area contributed by atoms with Gasteiger partial charge in [0.05, 0.1) is 11.8 Å².